The van der Waals surface area contributed by atoms with Crippen LogP contribution in [0.15, 0.2) is 48.5 Å². The van der Waals surface area contributed by atoms with Crippen LogP contribution in [0.3, 0.4) is 0 Å². The number of amides is 1. The average molecular weight is 439 g/mol. The summed E-state index contributed by atoms with van der Waals surface area (Å²) >= 11 is 5.62. The quantitative estimate of drug-likeness (QED) is 0.646. The van der Waals surface area contributed by atoms with Gasteiger partial charge in [-0.2, -0.15) is 13.2 Å². The van der Waals surface area contributed by atoms with E-state index >= 15 is 0 Å². The highest BCUT2D eigenvalue weighted by Gasteiger charge is 2.34. The smallest absolute Gasteiger partial charge is 0.325 e. The Hall–Kier alpha value is -2.38. The molecule has 1 atom stereocenters. The van der Waals surface area contributed by atoms with Crippen molar-refractivity contribution in [2.45, 2.75) is 32.0 Å². The Bertz CT molecular complexity index is 910. The SMILES string of the molecule is CC(C(=O)Nc1ccc(Cl)c(C(F)(F)F)c1)N1CCC(C(=O)c2ccccc2)CC1. The number of halogens is 4. The van der Waals surface area contributed by atoms with Gasteiger partial charge in [0.25, 0.3) is 0 Å². The third-order valence-corrected chi connectivity index (χ3v) is 5.75. The van der Waals surface area contributed by atoms with E-state index in [0.717, 1.165) is 12.1 Å². The zero-order valence-electron chi connectivity index (χ0n) is 16.4. The molecule has 160 valence electrons. The van der Waals surface area contributed by atoms with E-state index in [0.29, 0.717) is 31.5 Å². The van der Waals surface area contributed by atoms with Gasteiger partial charge in [0.1, 0.15) is 0 Å². The highest BCUT2D eigenvalue weighted by Crippen LogP contribution is 2.36. The molecule has 1 heterocycles. The van der Waals surface area contributed by atoms with Crippen LogP contribution >= 0.6 is 11.6 Å². The van der Waals surface area contributed by atoms with Crippen molar-refractivity contribution in [3.05, 3.63) is 64.7 Å². The van der Waals surface area contributed by atoms with Gasteiger partial charge in [-0.15, -0.1) is 0 Å². The molecule has 0 saturated carbocycles. The van der Waals surface area contributed by atoms with Gasteiger partial charge in [-0.1, -0.05) is 41.9 Å². The number of carbonyl (C=O) groups excluding carboxylic acids is 2. The molecule has 3 rings (SSSR count). The fraction of sp³-hybridized carbons (Fsp3) is 0.364. The van der Waals surface area contributed by atoms with Gasteiger partial charge in [-0.25, -0.2) is 0 Å². The number of likely N-dealkylation sites (tertiary alicyclic amines) is 1. The molecule has 4 nitrogen and oxygen atoms in total. The molecule has 0 bridgehead atoms. The number of hydrogen-bond donors (Lipinski definition) is 1. The Morgan fingerprint density at radius 2 is 1.73 bits per heavy atom. The van der Waals surface area contributed by atoms with Gasteiger partial charge >= 0.3 is 6.18 Å². The van der Waals surface area contributed by atoms with E-state index in [1.165, 1.54) is 6.07 Å². The van der Waals surface area contributed by atoms with Gasteiger partial charge in [0.15, 0.2) is 5.78 Å². The number of Topliss-reactive ketones (excluding diaryl/α,β-unsaturated/α-hetero) is 1. The molecule has 1 unspecified atom stereocenters. The lowest BCUT2D eigenvalue weighted by molar-refractivity contribution is -0.137. The Labute approximate surface area is 178 Å². The molecule has 1 aliphatic heterocycles. The van der Waals surface area contributed by atoms with E-state index in [-0.39, 0.29) is 17.4 Å². The zero-order valence-corrected chi connectivity index (χ0v) is 17.1. The molecule has 0 aliphatic carbocycles. The number of benzene rings is 2. The number of nitrogens with zero attached hydrogens (tertiary/aromatic N) is 1. The normalized spacial score (nSPS) is 16.8. The standard InChI is InChI=1S/C22H22ClF3N2O2/c1-14(21(30)27-17-7-8-19(23)18(13-17)22(24,25)26)28-11-9-16(10-12-28)20(29)15-5-3-2-4-6-15/h2-8,13-14,16H,9-12H2,1H3,(H,27,30). The van der Waals surface area contributed by atoms with Crippen molar-refractivity contribution in [3.8, 4) is 0 Å². The monoisotopic (exact) mass is 438 g/mol. The summed E-state index contributed by atoms with van der Waals surface area (Å²) < 4.78 is 39.0. The first-order chi connectivity index (χ1) is 14.2. The highest BCUT2D eigenvalue weighted by atomic mass is 35.5. The van der Waals surface area contributed by atoms with Crippen molar-refractivity contribution in [2.75, 3.05) is 18.4 Å². The molecule has 1 saturated heterocycles. The number of hydrogen-bond acceptors (Lipinski definition) is 3. The third-order valence-electron chi connectivity index (χ3n) is 5.43. The second-order valence-corrected chi connectivity index (χ2v) is 7.81. The summed E-state index contributed by atoms with van der Waals surface area (Å²) in [5.41, 5.74) is -0.266. The maximum atomic E-state index is 13.0. The summed E-state index contributed by atoms with van der Waals surface area (Å²) in [6.07, 6.45) is -3.34. The molecule has 1 amide bonds. The van der Waals surface area contributed by atoms with E-state index in [2.05, 4.69) is 5.32 Å². The minimum absolute atomic E-state index is 0.0396. The lowest BCUT2D eigenvalue weighted by atomic mass is 9.88. The van der Waals surface area contributed by atoms with Crippen molar-refractivity contribution in [1.29, 1.82) is 0 Å². The fourth-order valence-corrected chi connectivity index (χ4v) is 3.84. The Kier molecular flexibility index (Phi) is 6.83. The van der Waals surface area contributed by atoms with Gasteiger partial charge in [-0.3, -0.25) is 14.5 Å². The van der Waals surface area contributed by atoms with Crippen molar-refractivity contribution >= 4 is 29.0 Å². The van der Waals surface area contributed by atoms with Crippen LogP contribution in [0.2, 0.25) is 5.02 Å². The lowest BCUT2D eigenvalue weighted by Crippen LogP contribution is -2.47. The predicted octanol–water partition coefficient (Wildman–Crippen LogP) is 5.28. The number of anilines is 1. The number of alkyl halides is 3. The topological polar surface area (TPSA) is 49.4 Å². The first-order valence-corrected chi connectivity index (χ1v) is 10.1. The Balaban J connectivity index is 1.58. The number of rotatable bonds is 5. The Morgan fingerprint density at radius 1 is 1.10 bits per heavy atom. The fourth-order valence-electron chi connectivity index (χ4n) is 3.62. The minimum Gasteiger partial charge on any atom is -0.325 e. The summed E-state index contributed by atoms with van der Waals surface area (Å²) in [6.45, 7) is 2.83. The average Bonchev–Trinajstić information content (AvgIpc) is 2.74. The molecular weight excluding hydrogens is 417 g/mol. The lowest BCUT2D eigenvalue weighted by Gasteiger charge is -2.34. The molecule has 2 aromatic rings. The summed E-state index contributed by atoms with van der Waals surface area (Å²) in [7, 11) is 0. The van der Waals surface area contributed by atoms with Crippen LogP contribution in [0.1, 0.15) is 35.7 Å². The molecule has 1 fully saturated rings. The number of piperidine rings is 1. The maximum Gasteiger partial charge on any atom is 0.417 e. The molecule has 30 heavy (non-hydrogen) atoms. The van der Waals surface area contributed by atoms with Crippen LogP contribution < -0.4 is 5.32 Å². The van der Waals surface area contributed by atoms with Crippen molar-refractivity contribution in [3.63, 3.8) is 0 Å². The third kappa shape index (κ3) is 5.21. The molecule has 0 aromatic heterocycles. The second kappa shape index (κ2) is 9.18. The molecule has 8 heteroatoms. The van der Waals surface area contributed by atoms with Crippen molar-refractivity contribution in [1.82, 2.24) is 4.90 Å². The summed E-state index contributed by atoms with van der Waals surface area (Å²) in [5, 5.41) is 2.11. The first kappa shape index (κ1) is 22.3. The van der Waals surface area contributed by atoms with E-state index in [4.69, 9.17) is 11.6 Å². The van der Waals surface area contributed by atoms with Gasteiger partial charge < -0.3 is 5.32 Å². The zero-order chi connectivity index (χ0) is 21.9. The van der Waals surface area contributed by atoms with E-state index in [1.54, 1.807) is 19.1 Å². The van der Waals surface area contributed by atoms with Gasteiger partial charge in [0.2, 0.25) is 5.91 Å². The van der Waals surface area contributed by atoms with Gasteiger partial charge in [-0.05, 0) is 51.1 Å². The van der Waals surface area contributed by atoms with Crippen LogP contribution in [0, 0.1) is 5.92 Å². The summed E-state index contributed by atoms with van der Waals surface area (Å²) in [6, 6.07) is 11.9. The van der Waals surface area contributed by atoms with E-state index < -0.39 is 28.7 Å². The predicted molar refractivity (Wildman–Crippen MR) is 110 cm³/mol. The molecule has 1 aliphatic rings. The molecular formula is C22H22ClF3N2O2. The second-order valence-electron chi connectivity index (χ2n) is 7.40. The maximum absolute atomic E-state index is 13.0. The molecule has 1 N–H and O–H groups in total. The van der Waals surface area contributed by atoms with Crippen LogP contribution in [0.4, 0.5) is 18.9 Å². The van der Waals surface area contributed by atoms with Crippen molar-refractivity contribution < 1.29 is 22.8 Å². The summed E-state index contributed by atoms with van der Waals surface area (Å²) in [5.74, 6) is -0.393. The van der Waals surface area contributed by atoms with Gasteiger partial charge in [0, 0.05) is 17.2 Å². The number of carbonyl (C=O) groups is 2. The molecule has 0 spiro atoms. The van der Waals surface area contributed by atoms with Crippen LogP contribution in [-0.2, 0) is 11.0 Å². The molecule has 2 aromatic carbocycles. The highest BCUT2D eigenvalue weighted by molar-refractivity contribution is 6.31. The summed E-state index contributed by atoms with van der Waals surface area (Å²) in [4.78, 5) is 27.1. The van der Waals surface area contributed by atoms with Crippen LogP contribution in [-0.4, -0.2) is 35.7 Å². The van der Waals surface area contributed by atoms with Crippen molar-refractivity contribution in [2.24, 2.45) is 5.92 Å². The molecule has 0 radical (unpaired) electrons. The minimum atomic E-state index is -4.60. The number of nitrogens with one attached hydrogen (secondary N) is 1. The largest absolute Gasteiger partial charge is 0.417 e. The number of ketones is 1. The first-order valence-electron chi connectivity index (χ1n) is 9.67. The van der Waals surface area contributed by atoms with Crippen LogP contribution in [0.25, 0.3) is 0 Å². The van der Waals surface area contributed by atoms with Crippen LogP contribution in [0.5, 0.6) is 0 Å². The van der Waals surface area contributed by atoms with Gasteiger partial charge in [0.05, 0.1) is 16.6 Å². The van der Waals surface area contributed by atoms with E-state index in [1.807, 2.05) is 23.1 Å². The Morgan fingerprint density at radius 3 is 2.33 bits per heavy atom. The van der Waals surface area contributed by atoms with E-state index in [9.17, 15) is 22.8 Å².